The van der Waals surface area contributed by atoms with E-state index in [0.717, 1.165) is 38.2 Å². The molecule has 0 saturated heterocycles. The van der Waals surface area contributed by atoms with Gasteiger partial charge in [-0.3, -0.25) is 0 Å². The minimum absolute atomic E-state index is 0.101. The summed E-state index contributed by atoms with van der Waals surface area (Å²) in [5, 5.41) is 3.05. The predicted octanol–water partition coefficient (Wildman–Crippen LogP) is 4.32. The normalized spacial score (nSPS) is 12.4. The Balaban J connectivity index is 2.82. The van der Waals surface area contributed by atoms with Crippen molar-refractivity contribution in [3.05, 3.63) is 23.8 Å². The van der Waals surface area contributed by atoms with Crippen molar-refractivity contribution >= 4 is 11.4 Å². The number of hydrogen-bond donors (Lipinski definition) is 2. The standard InChI is InChI=1S/C14H22F2N2/c1-3-5-7-10(6-4-2)18-14-12(17)9-8-11(15)13(14)16/h8-10,18H,3-7,17H2,1-2H3. The van der Waals surface area contributed by atoms with Gasteiger partial charge in [0.2, 0.25) is 0 Å². The Hall–Kier alpha value is -1.32. The average molecular weight is 256 g/mol. The minimum atomic E-state index is -0.882. The number of nitrogens with one attached hydrogen (secondary N) is 1. The van der Waals surface area contributed by atoms with E-state index in [1.54, 1.807) is 0 Å². The Morgan fingerprint density at radius 3 is 2.50 bits per heavy atom. The van der Waals surface area contributed by atoms with E-state index in [9.17, 15) is 8.78 Å². The lowest BCUT2D eigenvalue weighted by Crippen LogP contribution is -2.21. The SMILES string of the molecule is CCCCC(CCC)Nc1c(N)ccc(F)c1F. The molecule has 4 heteroatoms. The highest BCUT2D eigenvalue weighted by molar-refractivity contribution is 5.67. The van der Waals surface area contributed by atoms with Crippen LogP contribution in [0, 0.1) is 11.6 Å². The molecule has 3 N–H and O–H groups in total. The summed E-state index contributed by atoms with van der Waals surface area (Å²) < 4.78 is 26.8. The lowest BCUT2D eigenvalue weighted by molar-refractivity contribution is 0.505. The summed E-state index contributed by atoms with van der Waals surface area (Å²) in [4.78, 5) is 0. The maximum atomic E-state index is 13.7. The second kappa shape index (κ2) is 7.19. The quantitative estimate of drug-likeness (QED) is 0.713. The van der Waals surface area contributed by atoms with Crippen molar-refractivity contribution in [2.24, 2.45) is 0 Å². The second-order valence-corrected chi connectivity index (χ2v) is 4.60. The molecule has 0 bridgehead atoms. The van der Waals surface area contributed by atoms with Gasteiger partial charge >= 0.3 is 0 Å². The maximum Gasteiger partial charge on any atom is 0.183 e. The van der Waals surface area contributed by atoms with Crippen molar-refractivity contribution in [1.29, 1.82) is 0 Å². The van der Waals surface area contributed by atoms with Crippen molar-refractivity contribution in [3.63, 3.8) is 0 Å². The molecule has 102 valence electrons. The van der Waals surface area contributed by atoms with Crippen LogP contribution in [-0.2, 0) is 0 Å². The molecular weight excluding hydrogens is 234 g/mol. The summed E-state index contributed by atoms with van der Waals surface area (Å²) in [5.41, 5.74) is 6.05. The fourth-order valence-electron chi connectivity index (χ4n) is 2.00. The van der Waals surface area contributed by atoms with Gasteiger partial charge in [-0.2, -0.15) is 0 Å². The molecule has 2 nitrogen and oxygen atoms in total. The Kier molecular flexibility index (Phi) is 5.89. The average Bonchev–Trinajstić information content (AvgIpc) is 2.36. The van der Waals surface area contributed by atoms with Gasteiger partial charge in [0.25, 0.3) is 0 Å². The van der Waals surface area contributed by atoms with Crippen molar-refractivity contribution in [3.8, 4) is 0 Å². The van der Waals surface area contributed by atoms with E-state index in [2.05, 4.69) is 19.2 Å². The van der Waals surface area contributed by atoms with Gasteiger partial charge in [-0.25, -0.2) is 8.78 Å². The van der Waals surface area contributed by atoms with E-state index in [0.29, 0.717) is 0 Å². The van der Waals surface area contributed by atoms with E-state index >= 15 is 0 Å². The van der Waals surface area contributed by atoms with Gasteiger partial charge in [-0.1, -0.05) is 33.1 Å². The second-order valence-electron chi connectivity index (χ2n) is 4.60. The lowest BCUT2D eigenvalue weighted by Gasteiger charge is -2.21. The molecule has 1 aromatic rings. The number of rotatable bonds is 7. The third-order valence-corrected chi connectivity index (χ3v) is 3.02. The van der Waals surface area contributed by atoms with Crippen molar-refractivity contribution in [2.45, 2.75) is 52.0 Å². The molecule has 0 radical (unpaired) electrons. The van der Waals surface area contributed by atoms with Crippen LogP contribution in [0.4, 0.5) is 20.2 Å². The summed E-state index contributed by atoms with van der Waals surface area (Å²) in [7, 11) is 0. The van der Waals surface area contributed by atoms with Crippen molar-refractivity contribution < 1.29 is 8.78 Å². The van der Waals surface area contributed by atoms with Crippen LogP contribution in [0.2, 0.25) is 0 Å². The van der Waals surface area contributed by atoms with Gasteiger partial charge in [-0.05, 0) is 25.0 Å². The first-order valence-corrected chi connectivity index (χ1v) is 6.60. The number of unbranched alkanes of at least 4 members (excludes halogenated alkanes) is 1. The van der Waals surface area contributed by atoms with Gasteiger partial charge in [0.15, 0.2) is 11.6 Å². The Labute approximate surface area is 108 Å². The third kappa shape index (κ3) is 3.86. The smallest absolute Gasteiger partial charge is 0.183 e. The molecule has 0 aliphatic carbocycles. The molecule has 18 heavy (non-hydrogen) atoms. The van der Waals surface area contributed by atoms with Gasteiger partial charge in [0.05, 0.1) is 11.4 Å². The van der Waals surface area contributed by atoms with Gasteiger partial charge in [0, 0.05) is 6.04 Å². The molecule has 0 saturated carbocycles. The molecule has 0 aliphatic heterocycles. The summed E-state index contributed by atoms with van der Waals surface area (Å²) in [5.74, 6) is -1.75. The largest absolute Gasteiger partial charge is 0.397 e. The Morgan fingerprint density at radius 2 is 1.89 bits per heavy atom. The molecule has 0 spiro atoms. The molecular formula is C14H22F2N2. The molecule has 1 aromatic carbocycles. The van der Waals surface area contributed by atoms with Crippen LogP contribution in [0.3, 0.4) is 0 Å². The summed E-state index contributed by atoms with van der Waals surface area (Å²) in [6.45, 7) is 4.19. The highest BCUT2D eigenvalue weighted by Crippen LogP contribution is 2.26. The zero-order chi connectivity index (χ0) is 13.5. The van der Waals surface area contributed by atoms with Crippen LogP contribution < -0.4 is 11.1 Å². The topological polar surface area (TPSA) is 38.0 Å². The monoisotopic (exact) mass is 256 g/mol. The molecule has 0 heterocycles. The first kappa shape index (κ1) is 14.7. The van der Waals surface area contributed by atoms with Gasteiger partial charge in [0.1, 0.15) is 0 Å². The zero-order valence-corrected chi connectivity index (χ0v) is 11.1. The Morgan fingerprint density at radius 1 is 1.17 bits per heavy atom. The van der Waals surface area contributed by atoms with E-state index in [4.69, 9.17) is 5.73 Å². The molecule has 1 rings (SSSR count). The first-order chi connectivity index (χ1) is 8.60. The van der Waals surface area contributed by atoms with E-state index in [1.807, 2.05) is 0 Å². The summed E-state index contributed by atoms with van der Waals surface area (Å²) >= 11 is 0. The number of anilines is 2. The van der Waals surface area contributed by atoms with Crippen LogP contribution >= 0.6 is 0 Å². The number of nitrogen functional groups attached to an aromatic ring is 1. The fourth-order valence-corrected chi connectivity index (χ4v) is 2.00. The molecule has 0 fully saturated rings. The molecule has 0 aromatic heterocycles. The van der Waals surface area contributed by atoms with Crippen LogP contribution in [0.25, 0.3) is 0 Å². The van der Waals surface area contributed by atoms with Gasteiger partial charge < -0.3 is 11.1 Å². The van der Waals surface area contributed by atoms with Crippen LogP contribution in [-0.4, -0.2) is 6.04 Å². The van der Waals surface area contributed by atoms with E-state index in [1.165, 1.54) is 6.07 Å². The highest BCUT2D eigenvalue weighted by atomic mass is 19.2. The summed E-state index contributed by atoms with van der Waals surface area (Å²) in [6.07, 6.45) is 5.02. The first-order valence-electron chi connectivity index (χ1n) is 6.60. The number of hydrogen-bond acceptors (Lipinski definition) is 2. The van der Waals surface area contributed by atoms with Crippen LogP contribution in [0.15, 0.2) is 12.1 Å². The van der Waals surface area contributed by atoms with Crippen LogP contribution in [0.1, 0.15) is 46.0 Å². The molecule has 0 amide bonds. The fraction of sp³-hybridized carbons (Fsp3) is 0.571. The van der Waals surface area contributed by atoms with Crippen LogP contribution in [0.5, 0.6) is 0 Å². The number of benzene rings is 1. The number of nitrogens with two attached hydrogens (primary N) is 1. The maximum absolute atomic E-state index is 13.7. The van der Waals surface area contributed by atoms with Crippen molar-refractivity contribution in [1.82, 2.24) is 0 Å². The van der Waals surface area contributed by atoms with Crippen molar-refractivity contribution in [2.75, 3.05) is 11.1 Å². The summed E-state index contributed by atoms with van der Waals surface area (Å²) in [6, 6.07) is 2.59. The molecule has 1 atom stereocenters. The van der Waals surface area contributed by atoms with E-state index < -0.39 is 11.6 Å². The predicted molar refractivity (Wildman–Crippen MR) is 72.6 cm³/mol. The zero-order valence-electron chi connectivity index (χ0n) is 11.1. The lowest BCUT2D eigenvalue weighted by atomic mass is 10.0. The highest BCUT2D eigenvalue weighted by Gasteiger charge is 2.15. The minimum Gasteiger partial charge on any atom is -0.397 e. The Bertz CT molecular complexity index is 380. The third-order valence-electron chi connectivity index (χ3n) is 3.02. The van der Waals surface area contributed by atoms with Gasteiger partial charge in [-0.15, -0.1) is 0 Å². The number of halogens is 2. The van der Waals surface area contributed by atoms with E-state index in [-0.39, 0.29) is 17.4 Å². The molecule has 1 unspecified atom stereocenters. The molecule has 0 aliphatic rings.